The van der Waals surface area contributed by atoms with Crippen LogP contribution in [-0.4, -0.2) is 18.1 Å². The van der Waals surface area contributed by atoms with Crippen molar-refractivity contribution < 1.29 is 13.6 Å². The fourth-order valence-corrected chi connectivity index (χ4v) is 1.78. The minimum absolute atomic E-state index is 0.396. The van der Waals surface area contributed by atoms with E-state index in [1.54, 1.807) is 19.9 Å². The van der Waals surface area contributed by atoms with E-state index >= 15 is 0 Å². The Labute approximate surface area is 81.8 Å². The fraction of sp³-hybridized carbons (Fsp3) is 0.714. The summed E-state index contributed by atoms with van der Waals surface area (Å²) in [4.78, 5) is 0. The van der Waals surface area contributed by atoms with Crippen molar-refractivity contribution in [2.45, 2.75) is 13.8 Å². The van der Waals surface area contributed by atoms with Gasteiger partial charge in [0.2, 0.25) is 0 Å². The minimum atomic E-state index is -2.84. The van der Waals surface area contributed by atoms with Crippen molar-refractivity contribution in [1.29, 1.82) is 0 Å². The maximum atomic E-state index is 11.5. The molecule has 0 N–H and O–H groups in total. The molecule has 72 valence electrons. The fourth-order valence-electron chi connectivity index (χ4n) is 0.565. The number of alkyl halides is 1. The summed E-state index contributed by atoms with van der Waals surface area (Å²) in [6.07, 6.45) is 3.53. The lowest BCUT2D eigenvalue weighted by atomic mass is 10.7. The van der Waals surface area contributed by atoms with Crippen LogP contribution in [-0.2, 0) is 13.6 Å². The monoisotopic (exact) mass is 256 g/mol. The molecule has 12 heavy (non-hydrogen) atoms. The highest BCUT2D eigenvalue weighted by Crippen LogP contribution is 2.47. The Hall–Kier alpha value is 0.210. The van der Waals surface area contributed by atoms with Crippen molar-refractivity contribution in [2.75, 3.05) is 18.1 Å². The quantitative estimate of drug-likeness (QED) is 0.416. The molecule has 0 rings (SSSR count). The van der Waals surface area contributed by atoms with Crippen LogP contribution in [0.15, 0.2) is 12.3 Å². The summed E-state index contributed by atoms with van der Waals surface area (Å²) >= 11 is 3.18. The second kappa shape index (κ2) is 6.70. The van der Waals surface area contributed by atoms with Gasteiger partial charge in [0.25, 0.3) is 0 Å². The Bertz CT molecular complexity index is 181. The van der Waals surface area contributed by atoms with Gasteiger partial charge in [0.05, 0.1) is 19.0 Å². The van der Waals surface area contributed by atoms with Crippen molar-refractivity contribution in [2.24, 2.45) is 0 Å². The van der Waals surface area contributed by atoms with Crippen LogP contribution in [0.25, 0.3) is 0 Å². The third-order valence-corrected chi connectivity index (χ3v) is 3.36. The first-order valence-electron chi connectivity index (χ1n) is 3.81. The molecule has 3 nitrogen and oxygen atoms in total. The molecule has 0 radical (unpaired) electrons. The van der Waals surface area contributed by atoms with E-state index in [4.69, 9.17) is 9.05 Å². The molecule has 0 aromatic rings. The van der Waals surface area contributed by atoms with Gasteiger partial charge in [-0.05, 0) is 13.0 Å². The van der Waals surface area contributed by atoms with E-state index in [9.17, 15) is 4.57 Å². The summed E-state index contributed by atoms with van der Waals surface area (Å²) in [5, 5.41) is 0.683. The highest BCUT2D eigenvalue weighted by atomic mass is 79.9. The predicted molar refractivity (Wildman–Crippen MR) is 53.8 cm³/mol. The van der Waals surface area contributed by atoms with Gasteiger partial charge in [-0.2, -0.15) is 0 Å². The van der Waals surface area contributed by atoms with Crippen molar-refractivity contribution >= 4 is 23.5 Å². The molecule has 0 aromatic heterocycles. The van der Waals surface area contributed by atoms with Gasteiger partial charge >= 0.3 is 7.60 Å². The molecule has 0 aromatic carbocycles. The molecule has 0 aliphatic carbocycles. The maximum Gasteiger partial charge on any atom is 0.378 e. The van der Waals surface area contributed by atoms with Crippen molar-refractivity contribution in [3.8, 4) is 0 Å². The summed E-state index contributed by atoms with van der Waals surface area (Å²) in [6, 6.07) is 0. The highest BCUT2D eigenvalue weighted by Gasteiger charge is 2.19. The topological polar surface area (TPSA) is 35.5 Å². The summed E-state index contributed by atoms with van der Waals surface area (Å²) in [5.74, 6) is 0. The first kappa shape index (κ1) is 12.2. The van der Waals surface area contributed by atoms with Crippen LogP contribution >= 0.6 is 23.5 Å². The zero-order valence-corrected chi connectivity index (χ0v) is 9.81. The summed E-state index contributed by atoms with van der Waals surface area (Å²) in [5.41, 5.74) is 0. The lowest BCUT2D eigenvalue weighted by molar-refractivity contribution is 0.263. The largest absolute Gasteiger partial charge is 0.433 e. The second-order valence-electron chi connectivity index (χ2n) is 1.98. The van der Waals surface area contributed by atoms with Crippen LogP contribution in [0.2, 0.25) is 0 Å². The van der Waals surface area contributed by atoms with Gasteiger partial charge in [0.1, 0.15) is 0 Å². The average Bonchev–Trinajstić information content (AvgIpc) is 2.06. The zero-order chi connectivity index (χ0) is 9.45. The standard InChI is InChI=1S/C7H14BrO3P/c1-3-10-12(9,4-2)11-7-5-6-8/h5,7H,3-4,6H2,1-2H3. The number of allylic oxidation sites excluding steroid dienone is 1. The molecule has 0 bridgehead atoms. The van der Waals surface area contributed by atoms with Gasteiger partial charge in [-0.25, -0.2) is 4.57 Å². The molecule has 5 heteroatoms. The first-order chi connectivity index (χ1) is 5.68. The normalized spacial score (nSPS) is 16.2. The van der Waals surface area contributed by atoms with E-state index in [0.717, 1.165) is 0 Å². The Morgan fingerprint density at radius 3 is 2.58 bits per heavy atom. The molecular weight excluding hydrogens is 243 g/mol. The van der Waals surface area contributed by atoms with Gasteiger partial charge in [-0.1, -0.05) is 22.9 Å². The van der Waals surface area contributed by atoms with Gasteiger partial charge < -0.3 is 9.05 Å². The number of rotatable bonds is 6. The third kappa shape index (κ3) is 4.96. The van der Waals surface area contributed by atoms with Crippen molar-refractivity contribution in [3.63, 3.8) is 0 Å². The van der Waals surface area contributed by atoms with Gasteiger partial charge in [-0.3, -0.25) is 0 Å². The van der Waals surface area contributed by atoms with Gasteiger partial charge in [0.15, 0.2) is 0 Å². The summed E-state index contributed by atoms with van der Waals surface area (Å²) in [6.45, 7) is 3.98. The number of hydrogen-bond donors (Lipinski definition) is 0. The first-order valence-corrected chi connectivity index (χ1v) is 6.66. The van der Waals surface area contributed by atoms with Crippen LogP contribution < -0.4 is 0 Å². The molecule has 0 saturated carbocycles. The molecule has 1 unspecified atom stereocenters. The molecule has 0 heterocycles. The lowest BCUT2D eigenvalue weighted by Crippen LogP contribution is -1.93. The second-order valence-corrected chi connectivity index (χ2v) is 4.95. The highest BCUT2D eigenvalue weighted by molar-refractivity contribution is 9.09. The molecular formula is C7H14BrO3P. The van der Waals surface area contributed by atoms with Crippen LogP contribution in [0.5, 0.6) is 0 Å². The third-order valence-electron chi connectivity index (χ3n) is 1.12. The van der Waals surface area contributed by atoms with Crippen LogP contribution in [0.1, 0.15) is 13.8 Å². The number of hydrogen-bond acceptors (Lipinski definition) is 3. The Kier molecular flexibility index (Phi) is 6.81. The Balaban J connectivity index is 3.96. The predicted octanol–water partition coefficient (Wildman–Crippen LogP) is 3.16. The van der Waals surface area contributed by atoms with Crippen molar-refractivity contribution in [3.05, 3.63) is 12.3 Å². The van der Waals surface area contributed by atoms with E-state index in [-0.39, 0.29) is 0 Å². The van der Waals surface area contributed by atoms with Gasteiger partial charge in [0, 0.05) is 5.33 Å². The summed E-state index contributed by atoms with van der Waals surface area (Å²) in [7, 11) is -2.84. The van der Waals surface area contributed by atoms with E-state index in [0.29, 0.717) is 18.1 Å². The van der Waals surface area contributed by atoms with Gasteiger partial charge in [-0.15, -0.1) is 0 Å². The van der Waals surface area contributed by atoms with E-state index in [1.165, 1.54) is 6.26 Å². The minimum Gasteiger partial charge on any atom is -0.433 e. The van der Waals surface area contributed by atoms with Crippen LogP contribution in [0, 0.1) is 0 Å². The Morgan fingerprint density at radius 1 is 1.50 bits per heavy atom. The molecule has 0 saturated heterocycles. The molecule has 0 aliphatic rings. The van der Waals surface area contributed by atoms with E-state index < -0.39 is 7.60 Å². The molecule has 0 aliphatic heterocycles. The SMILES string of the molecule is CCOP(=O)(CC)OC=CCBr. The van der Waals surface area contributed by atoms with Crippen molar-refractivity contribution in [1.82, 2.24) is 0 Å². The molecule has 0 spiro atoms. The maximum absolute atomic E-state index is 11.5. The van der Waals surface area contributed by atoms with E-state index in [1.807, 2.05) is 0 Å². The summed E-state index contributed by atoms with van der Waals surface area (Å²) < 4.78 is 21.5. The van der Waals surface area contributed by atoms with E-state index in [2.05, 4.69) is 15.9 Å². The van der Waals surface area contributed by atoms with Crippen LogP contribution in [0.4, 0.5) is 0 Å². The van der Waals surface area contributed by atoms with Crippen LogP contribution in [0.3, 0.4) is 0 Å². The number of halogens is 1. The Morgan fingerprint density at radius 2 is 2.17 bits per heavy atom. The zero-order valence-electron chi connectivity index (χ0n) is 7.33. The lowest BCUT2D eigenvalue weighted by Gasteiger charge is -2.13. The molecule has 1 atom stereocenters. The smallest absolute Gasteiger partial charge is 0.378 e. The average molecular weight is 257 g/mol. The molecule has 0 fully saturated rings. The molecule has 0 amide bonds.